The van der Waals surface area contributed by atoms with Crippen LogP contribution in [-0.4, -0.2) is 41.4 Å². The molecule has 0 amide bonds. The summed E-state index contributed by atoms with van der Waals surface area (Å²) >= 11 is 0. The van der Waals surface area contributed by atoms with Crippen molar-refractivity contribution in [3.63, 3.8) is 0 Å². The lowest BCUT2D eigenvalue weighted by molar-refractivity contribution is 0.183. The fraction of sp³-hybridized carbons (Fsp3) is 0.727. The predicted octanol–water partition coefficient (Wildman–Crippen LogP) is 0.347. The average Bonchev–Trinajstić information content (AvgIpc) is 2.54. The van der Waals surface area contributed by atoms with Crippen LogP contribution in [0.15, 0.2) is 6.20 Å². The van der Waals surface area contributed by atoms with Crippen molar-refractivity contribution < 1.29 is 5.11 Å². The van der Waals surface area contributed by atoms with Gasteiger partial charge in [0.25, 0.3) is 0 Å². The summed E-state index contributed by atoms with van der Waals surface area (Å²) in [5.74, 6) is 0.951. The van der Waals surface area contributed by atoms with Gasteiger partial charge in [0.15, 0.2) is 0 Å². The van der Waals surface area contributed by atoms with Gasteiger partial charge in [-0.2, -0.15) is 0 Å². The van der Waals surface area contributed by atoms with Crippen LogP contribution < -0.4 is 10.2 Å². The zero-order chi connectivity index (χ0) is 12.1. The van der Waals surface area contributed by atoms with Crippen molar-refractivity contribution in [2.75, 3.05) is 25.5 Å². The van der Waals surface area contributed by atoms with Gasteiger partial charge in [-0.25, -0.2) is 4.98 Å². The molecule has 0 saturated heterocycles. The number of aliphatic hydroxyl groups excluding tert-OH is 1. The Labute approximate surface area is 97.1 Å². The molecule has 5 nitrogen and oxygen atoms in total. The molecule has 0 aliphatic heterocycles. The molecule has 1 atom stereocenters. The lowest BCUT2D eigenvalue weighted by Crippen LogP contribution is -2.21. The second-order valence-electron chi connectivity index (χ2n) is 4.32. The number of aliphatic hydroxyl groups is 1. The van der Waals surface area contributed by atoms with Crippen molar-refractivity contribution in [2.24, 2.45) is 7.05 Å². The minimum Gasteiger partial charge on any atom is -0.393 e. The van der Waals surface area contributed by atoms with E-state index in [4.69, 9.17) is 5.11 Å². The molecule has 0 spiro atoms. The second-order valence-corrected chi connectivity index (χ2v) is 4.32. The Bertz CT molecular complexity index is 320. The lowest BCUT2D eigenvalue weighted by Gasteiger charge is -2.13. The van der Waals surface area contributed by atoms with Crippen molar-refractivity contribution in [3.8, 4) is 0 Å². The molecule has 1 aromatic heterocycles. The second kappa shape index (κ2) is 5.86. The summed E-state index contributed by atoms with van der Waals surface area (Å²) in [5, 5.41) is 12.4. The zero-order valence-electron chi connectivity index (χ0n) is 10.6. The third kappa shape index (κ3) is 3.50. The first-order valence-corrected chi connectivity index (χ1v) is 5.59. The minimum absolute atomic E-state index is 0.239. The minimum atomic E-state index is -0.239. The molecule has 2 N–H and O–H groups in total. The van der Waals surface area contributed by atoms with Gasteiger partial charge in [0, 0.05) is 27.7 Å². The van der Waals surface area contributed by atoms with Crippen LogP contribution in [0.1, 0.15) is 19.0 Å². The SMILES string of the molecule is CC(O)CCNCc1cnc(N(C)C)n1C. The summed E-state index contributed by atoms with van der Waals surface area (Å²) in [6, 6.07) is 0. The maximum atomic E-state index is 9.12. The van der Waals surface area contributed by atoms with E-state index in [-0.39, 0.29) is 6.10 Å². The van der Waals surface area contributed by atoms with Gasteiger partial charge < -0.3 is 19.9 Å². The smallest absolute Gasteiger partial charge is 0.204 e. The lowest BCUT2D eigenvalue weighted by atomic mass is 10.3. The van der Waals surface area contributed by atoms with Crippen LogP contribution in [0, 0.1) is 0 Å². The van der Waals surface area contributed by atoms with Crippen molar-refractivity contribution in [1.29, 1.82) is 0 Å². The quantitative estimate of drug-likeness (QED) is 0.687. The highest BCUT2D eigenvalue weighted by Crippen LogP contribution is 2.10. The third-order valence-corrected chi connectivity index (χ3v) is 2.50. The van der Waals surface area contributed by atoms with Crippen molar-refractivity contribution in [1.82, 2.24) is 14.9 Å². The summed E-state index contributed by atoms with van der Waals surface area (Å²) in [7, 11) is 5.97. The first kappa shape index (κ1) is 13.0. The van der Waals surface area contributed by atoms with Gasteiger partial charge in [-0.15, -0.1) is 0 Å². The predicted molar refractivity (Wildman–Crippen MR) is 65.5 cm³/mol. The maximum absolute atomic E-state index is 9.12. The molecule has 1 unspecified atom stereocenters. The molecule has 0 aliphatic carbocycles. The summed E-state index contributed by atoms with van der Waals surface area (Å²) < 4.78 is 2.06. The fourth-order valence-electron chi connectivity index (χ4n) is 1.54. The Morgan fingerprint density at radius 1 is 1.56 bits per heavy atom. The van der Waals surface area contributed by atoms with Gasteiger partial charge in [-0.1, -0.05) is 0 Å². The number of hydrogen-bond donors (Lipinski definition) is 2. The molecule has 16 heavy (non-hydrogen) atoms. The number of nitrogens with zero attached hydrogens (tertiary/aromatic N) is 3. The maximum Gasteiger partial charge on any atom is 0.204 e. The Morgan fingerprint density at radius 2 is 2.25 bits per heavy atom. The van der Waals surface area contributed by atoms with Crippen LogP contribution in [0.5, 0.6) is 0 Å². The molecular formula is C11H22N4O. The molecule has 1 heterocycles. The average molecular weight is 226 g/mol. The number of nitrogens with one attached hydrogen (secondary N) is 1. The molecule has 1 aromatic rings. The Kier molecular flexibility index (Phi) is 4.76. The molecule has 92 valence electrons. The summed E-state index contributed by atoms with van der Waals surface area (Å²) in [4.78, 5) is 6.31. The number of rotatable bonds is 6. The number of aromatic nitrogens is 2. The largest absolute Gasteiger partial charge is 0.393 e. The Morgan fingerprint density at radius 3 is 2.75 bits per heavy atom. The summed E-state index contributed by atoms with van der Waals surface area (Å²) in [5.41, 5.74) is 1.15. The van der Waals surface area contributed by atoms with Crippen molar-refractivity contribution >= 4 is 5.95 Å². The normalized spacial score (nSPS) is 12.8. The molecule has 0 radical (unpaired) electrons. The molecule has 0 aromatic carbocycles. The van der Waals surface area contributed by atoms with E-state index in [2.05, 4.69) is 14.9 Å². The molecule has 0 aliphatic rings. The van der Waals surface area contributed by atoms with Crippen LogP contribution in [-0.2, 0) is 13.6 Å². The van der Waals surface area contributed by atoms with Crippen LogP contribution in [0.25, 0.3) is 0 Å². The topological polar surface area (TPSA) is 53.3 Å². The number of anilines is 1. The highest BCUT2D eigenvalue weighted by Gasteiger charge is 2.07. The van der Waals surface area contributed by atoms with Crippen molar-refractivity contribution in [2.45, 2.75) is 26.0 Å². The van der Waals surface area contributed by atoms with Gasteiger partial charge in [0.2, 0.25) is 5.95 Å². The molecular weight excluding hydrogens is 204 g/mol. The van der Waals surface area contributed by atoms with Gasteiger partial charge >= 0.3 is 0 Å². The third-order valence-electron chi connectivity index (χ3n) is 2.50. The first-order valence-electron chi connectivity index (χ1n) is 5.59. The molecule has 0 bridgehead atoms. The van der Waals surface area contributed by atoms with Crippen LogP contribution in [0.2, 0.25) is 0 Å². The van der Waals surface area contributed by atoms with E-state index in [1.165, 1.54) is 0 Å². The van der Waals surface area contributed by atoms with E-state index in [0.717, 1.165) is 31.2 Å². The van der Waals surface area contributed by atoms with E-state index in [1.807, 2.05) is 32.2 Å². The highest BCUT2D eigenvalue weighted by atomic mass is 16.3. The van der Waals surface area contributed by atoms with Gasteiger partial charge in [0.1, 0.15) is 0 Å². The van der Waals surface area contributed by atoms with E-state index in [9.17, 15) is 0 Å². The van der Waals surface area contributed by atoms with Crippen LogP contribution in [0.3, 0.4) is 0 Å². The highest BCUT2D eigenvalue weighted by molar-refractivity contribution is 5.30. The van der Waals surface area contributed by atoms with Crippen LogP contribution in [0.4, 0.5) is 5.95 Å². The Balaban J connectivity index is 2.43. The standard InChI is InChI=1S/C11H22N4O/c1-9(16)5-6-12-7-10-8-13-11(14(2)3)15(10)4/h8-9,12,16H,5-7H2,1-4H3. The van der Waals surface area contributed by atoms with E-state index >= 15 is 0 Å². The zero-order valence-corrected chi connectivity index (χ0v) is 10.6. The first-order chi connectivity index (χ1) is 7.52. The number of hydrogen-bond acceptors (Lipinski definition) is 4. The van der Waals surface area contributed by atoms with Crippen LogP contribution >= 0.6 is 0 Å². The van der Waals surface area contributed by atoms with Gasteiger partial charge in [0.05, 0.1) is 18.0 Å². The van der Waals surface area contributed by atoms with Gasteiger partial charge in [-0.3, -0.25) is 0 Å². The molecule has 0 saturated carbocycles. The van der Waals surface area contributed by atoms with E-state index in [1.54, 1.807) is 6.92 Å². The van der Waals surface area contributed by atoms with E-state index < -0.39 is 0 Å². The fourth-order valence-corrected chi connectivity index (χ4v) is 1.54. The molecule has 1 rings (SSSR count). The summed E-state index contributed by atoms with van der Waals surface area (Å²) in [6.07, 6.45) is 2.42. The molecule has 5 heteroatoms. The monoisotopic (exact) mass is 226 g/mol. The molecule has 0 fully saturated rings. The van der Waals surface area contributed by atoms with E-state index in [0.29, 0.717) is 0 Å². The van der Waals surface area contributed by atoms with Gasteiger partial charge in [-0.05, 0) is 19.9 Å². The number of imidazole rings is 1. The Hall–Kier alpha value is -1.07. The summed E-state index contributed by atoms with van der Waals surface area (Å²) in [6.45, 7) is 3.40. The van der Waals surface area contributed by atoms with Crippen molar-refractivity contribution in [3.05, 3.63) is 11.9 Å².